The van der Waals surface area contributed by atoms with Crippen LogP contribution in [-0.2, 0) is 9.59 Å². The second-order valence-corrected chi connectivity index (χ2v) is 10.0. The van der Waals surface area contributed by atoms with Crippen LogP contribution in [0.1, 0.15) is 0 Å². The van der Waals surface area contributed by atoms with Gasteiger partial charge in [-0.15, -0.1) is 22.9 Å². The van der Waals surface area contributed by atoms with Crippen LogP contribution >= 0.6 is 34.7 Å². The molecule has 4 rings (SSSR count). The number of fused-ring (bicyclic) bond motifs is 1. The highest BCUT2D eigenvalue weighted by atomic mass is 35.5. The van der Waals surface area contributed by atoms with Crippen LogP contribution in [-0.4, -0.2) is 66.6 Å². The molecule has 0 atom stereocenters. The predicted molar refractivity (Wildman–Crippen MR) is 134 cm³/mol. The van der Waals surface area contributed by atoms with Crippen molar-refractivity contribution in [2.75, 3.05) is 60.4 Å². The second-order valence-electron chi connectivity index (χ2n) is 7.52. The number of anilines is 3. The first-order valence-corrected chi connectivity index (χ1v) is 12.6. The van der Waals surface area contributed by atoms with E-state index < -0.39 is 0 Å². The molecule has 0 bridgehead atoms. The average molecular weight is 490 g/mol. The Kier molecular flexibility index (Phi) is 7.51. The lowest BCUT2D eigenvalue weighted by Crippen LogP contribution is -2.44. The van der Waals surface area contributed by atoms with Gasteiger partial charge in [0.05, 0.1) is 16.0 Å². The molecule has 2 aromatic carbocycles. The normalized spacial score (nSPS) is 14.5. The monoisotopic (exact) mass is 489 g/mol. The van der Waals surface area contributed by atoms with Crippen LogP contribution in [0.25, 0.3) is 10.2 Å². The minimum Gasteiger partial charge on any atom is -0.369 e. The van der Waals surface area contributed by atoms with Crippen LogP contribution in [0.4, 0.5) is 17.1 Å². The number of aromatic nitrogens is 1. The number of rotatable bonds is 7. The van der Waals surface area contributed by atoms with Gasteiger partial charge in [-0.1, -0.05) is 11.8 Å². The predicted octanol–water partition coefficient (Wildman–Crippen LogP) is 3.96. The maximum atomic E-state index is 12.4. The molecule has 168 valence electrons. The molecular weight excluding hydrogens is 466 g/mol. The highest BCUT2D eigenvalue weighted by Gasteiger charge is 2.14. The molecule has 7 nitrogen and oxygen atoms in total. The molecule has 10 heteroatoms. The maximum absolute atomic E-state index is 12.4. The molecule has 1 aliphatic heterocycles. The zero-order chi connectivity index (χ0) is 22.5. The third-order valence-corrected chi connectivity index (χ3v) is 7.52. The molecule has 2 N–H and O–H groups in total. The van der Waals surface area contributed by atoms with Gasteiger partial charge in [-0.05, 0) is 49.5 Å². The number of piperazine rings is 1. The van der Waals surface area contributed by atoms with Gasteiger partial charge in [0.15, 0.2) is 4.34 Å². The number of nitrogens with zero attached hydrogens (tertiary/aromatic N) is 3. The van der Waals surface area contributed by atoms with E-state index in [4.69, 9.17) is 11.6 Å². The first-order valence-electron chi connectivity index (χ1n) is 10.2. The molecular formula is C22H24ClN5O2S2. The Labute approximate surface area is 200 Å². The highest BCUT2D eigenvalue weighted by Crippen LogP contribution is 2.31. The number of likely N-dealkylation sites (N-methyl/N-ethyl adjacent to an activating group) is 1. The summed E-state index contributed by atoms with van der Waals surface area (Å²) < 4.78 is 1.75. The van der Waals surface area contributed by atoms with Crippen molar-refractivity contribution in [1.29, 1.82) is 0 Å². The molecule has 2 amide bonds. The first kappa shape index (κ1) is 22.8. The number of carbonyl (C=O) groups excluding carboxylic acids is 2. The van der Waals surface area contributed by atoms with E-state index in [0.717, 1.165) is 46.4 Å². The summed E-state index contributed by atoms with van der Waals surface area (Å²) in [6, 6.07) is 13.5. The van der Waals surface area contributed by atoms with Crippen LogP contribution in [0.5, 0.6) is 0 Å². The van der Waals surface area contributed by atoms with Gasteiger partial charge in [-0.2, -0.15) is 0 Å². The van der Waals surface area contributed by atoms with Crippen LogP contribution in [0.2, 0.25) is 0 Å². The van der Waals surface area contributed by atoms with Gasteiger partial charge >= 0.3 is 0 Å². The first-order chi connectivity index (χ1) is 15.5. The molecule has 2 heterocycles. The molecule has 1 fully saturated rings. The number of hydrogen-bond acceptors (Lipinski definition) is 7. The van der Waals surface area contributed by atoms with Crippen LogP contribution < -0.4 is 15.5 Å². The molecule has 1 aromatic heterocycles. The Hall–Kier alpha value is -2.33. The Balaban J connectivity index is 1.29. The van der Waals surface area contributed by atoms with E-state index in [2.05, 4.69) is 44.6 Å². The Bertz CT molecular complexity index is 1100. The summed E-state index contributed by atoms with van der Waals surface area (Å²) in [5.41, 5.74) is 3.49. The summed E-state index contributed by atoms with van der Waals surface area (Å²) >= 11 is 8.42. The number of nitrogens with one attached hydrogen (secondary N) is 2. The fourth-order valence-electron chi connectivity index (χ4n) is 3.38. The zero-order valence-electron chi connectivity index (χ0n) is 17.6. The maximum Gasteiger partial charge on any atom is 0.239 e. The molecule has 0 aliphatic carbocycles. The Morgan fingerprint density at radius 3 is 2.44 bits per heavy atom. The van der Waals surface area contributed by atoms with E-state index in [1.54, 1.807) is 6.07 Å². The highest BCUT2D eigenvalue weighted by molar-refractivity contribution is 8.01. The minimum absolute atomic E-state index is 0.0725. The molecule has 0 saturated carbocycles. The average Bonchev–Trinajstić information content (AvgIpc) is 3.21. The van der Waals surface area contributed by atoms with Gasteiger partial charge < -0.3 is 20.4 Å². The number of benzene rings is 2. The number of hydrogen-bond donors (Lipinski definition) is 2. The topological polar surface area (TPSA) is 77.6 Å². The van der Waals surface area contributed by atoms with Gasteiger partial charge in [0.1, 0.15) is 5.88 Å². The largest absolute Gasteiger partial charge is 0.369 e. The van der Waals surface area contributed by atoms with E-state index >= 15 is 0 Å². The fourth-order valence-corrected chi connectivity index (χ4v) is 5.36. The van der Waals surface area contributed by atoms with Crippen molar-refractivity contribution in [2.24, 2.45) is 0 Å². The number of alkyl halides is 1. The van der Waals surface area contributed by atoms with Gasteiger partial charge in [0.25, 0.3) is 0 Å². The lowest BCUT2D eigenvalue weighted by Gasteiger charge is -2.34. The number of halogens is 1. The molecule has 1 aliphatic rings. The lowest BCUT2D eigenvalue weighted by molar-refractivity contribution is -0.114. The standard InChI is InChI=1S/C22H24ClN5O2S2/c1-27-8-10-28(11-9-27)17-5-2-15(3-6-17)24-21(30)14-31-22-26-18-7-4-16(12-19(18)32-22)25-20(29)13-23/h2-7,12H,8-11,13-14H2,1H3,(H,24,30)(H,25,29). The third kappa shape index (κ3) is 5.92. The summed E-state index contributed by atoms with van der Waals surface area (Å²) in [4.78, 5) is 33.1. The number of carbonyl (C=O) groups is 2. The van der Waals surface area contributed by atoms with Gasteiger partial charge in [0, 0.05) is 43.2 Å². The molecule has 0 spiro atoms. The van der Waals surface area contributed by atoms with E-state index in [-0.39, 0.29) is 23.4 Å². The van der Waals surface area contributed by atoms with Crippen molar-refractivity contribution < 1.29 is 9.59 Å². The van der Waals surface area contributed by atoms with Gasteiger partial charge in [0.2, 0.25) is 11.8 Å². The quantitative estimate of drug-likeness (QED) is 0.386. The molecule has 0 unspecified atom stereocenters. The summed E-state index contributed by atoms with van der Waals surface area (Å²) in [5.74, 6) is -0.138. The van der Waals surface area contributed by atoms with E-state index in [1.807, 2.05) is 24.3 Å². The van der Waals surface area contributed by atoms with Gasteiger partial charge in [-0.25, -0.2) is 4.98 Å². The van der Waals surface area contributed by atoms with Crippen molar-refractivity contribution in [1.82, 2.24) is 9.88 Å². The third-order valence-electron chi connectivity index (χ3n) is 5.12. The summed E-state index contributed by atoms with van der Waals surface area (Å²) in [6.07, 6.45) is 0. The Morgan fingerprint density at radius 2 is 1.72 bits per heavy atom. The van der Waals surface area contributed by atoms with Crippen molar-refractivity contribution in [2.45, 2.75) is 4.34 Å². The van der Waals surface area contributed by atoms with Crippen LogP contribution in [0.15, 0.2) is 46.8 Å². The lowest BCUT2D eigenvalue weighted by atomic mass is 10.2. The minimum atomic E-state index is -0.252. The zero-order valence-corrected chi connectivity index (χ0v) is 20.0. The summed E-state index contributed by atoms with van der Waals surface area (Å²) in [5, 5.41) is 5.68. The van der Waals surface area contributed by atoms with E-state index in [9.17, 15) is 9.59 Å². The van der Waals surface area contributed by atoms with Crippen molar-refractivity contribution >= 4 is 73.8 Å². The van der Waals surface area contributed by atoms with Crippen LogP contribution in [0.3, 0.4) is 0 Å². The van der Waals surface area contributed by atoms with Crippen molar-refractivity contribution in [3.63, 3.8) is 0 Å². The van der Waals surface area contributed by atoms with E-state index in [1.165, 1.54) is 28.8 Å². The smallest absolute Gasteiger partial charge is 0.239 e. The van der Waals surface area contributed by atoms with Crippen LogP contribution in [0, 0.1) is 0 Å². The number of thiazole rings is 1. The summed E-state index contributed by atoms with van der Waals surface area (Å²) in [6.45, 7) is 4.15. The van der Waals surface area contributed by atoms with Gasteiger partial charge in [-0.3, -0.25) is 9.59 Å². The van der Waals surface area contributed by atoms with Crippen molar-refractivity contribution in [3.8, 4) is 0 Å². The number of amides is 2. The summed E-state index contributed by atoms with van der Waals surface area (Å²) in [7, 11) is 2.14. The second kappa shape index (κ2) is 10.5. The molecule has 0 radical (unpaired) electrons. The van der Waals surface area contributed by atoms with E-state index in [0.29, 0.717) is 5.69 Å². The molecule has 32 heavy (non-hydrogen) atoms. The SMILES string of the molecule is CN1CCN(c2ccc(NC(=O)CSc3nc4ccc(NC(=O)CCl)cc4s3)cc2)CC1. The fraction of sp³-hybridized carbons (Fsp3) is 0.318. The molecule has 1 saturated heterocycles. The number of thioether (sulfide) groups is 1. The molecule has 3 aromatic rings. The van der Waals surface area contributed by atoms with Crippen molar-refractivity contribution in [3.05, 3.63) is 42.5 Å². The Morgan fingerprint density at radius 1 is 1.03 bits per heavy atom.